The van der Waals surface area contributed by atoms with E-state index in [0.29, 0.717) is 0 Å². The molecule has 3 aromatic carbocycles. The van der Waals surface area contributed by atoms with Gasteiger partial charge in [0.2, 0.25) is 0 Å². The van der Waals surface area contributed by atoms with Crippen LogP contribution in [0.3, 0.4) is 0 Å². The first kappa shape index (κ1) is 11.6. The van der Waals surface area contributed by atoms with Crippen molar-refractivity contribution in [2.24, 2.45) is 0 Å². The summed E-state index contributed by atoms with van der Waals surface area (Å²) in [6.45, 7) is 0. The Morgan fingerprint density at radius 3 is 2.26 bits per heavy atom. The van der Waals surface area contributed by atoms with Crippen molar-refractivity contribution in [2.45, 2.75) is 0 Å². The fourth-order valence-electron chi connectivity index (χ4n) is 2.10. The first-order valence-corrected chi connectivity index (χ1v) is 6.16. The second-order valence-corrected chi connectivity index (χ2v) is 4.26. The molecule has 0 amide bonds. The summed E-state index contributed by atoms with van der Waals surface area (Å²) in [4.78, 5) is 0. The topological polar surface area (TPSA) is 18.5 Å². The molecule has 0 radical (unpaired) electrons. The van der Waals surface area contributed by atoms with Crippen molar-refractivity contribution in [1.29, 1.82) is 0 Å². The van der Waals surface area contributed by atoms with Gasteiger partial charge in [0, 0.05) is 11.5 Å². The molecule has 0 fully saturated rings. The lowest BCUT2D eigenvalue weighted by atomic mass is 10.1. The van der Waals surface area contributed by atoms with Crippen LogP contribution in [0.1, 0.15) is 0 Å². The molecule has 0 saturated heterocycles. The molecule has 3 rings (SSSR count). The number of hydrogen-bond donors (Lipinski definition) is 0. The molecule has 0 saturated carbocycles. The number of rotatable bonds is 3. The van der Waals surface area contributed by atoms with E-state index in [9.17, 15) is 0 Å². The normalized spacial score (nSPS) is 10.4. The molecule has 0 aromatic heterocycles. The monoisotopic (exact) mass is 250 g/mol. The summed E-state index contributed by atoms with van der Waals surface area (Å²) in [5.74, 6) is 2.42. The molecule has 0 N–H and O–H groups in total. The Morgan fingerprint density at radius 1 is 0.737 bits per heavy atom. The Kier molecular flexibility index (Phi) is 3.07. The Bertz CT molecular complexity index is 690. The van der Waals surface area contributed by atoms with E-state index < -0.39 is 0 Å². The molecule has 19 heavy (non-hydrogen) atoms. The Hall–Kier alpha value is -2.48. The van der Waals surface area contributed by atoms with E-state index in [1.54, 1.807) is 7.11 Å². The summed E-state index contributed by atoms with van der Waals surface area (Å²) in [7, 11) is 1.67. The lowest BCUT2D eigenvalue weighted by molar-refractivity contribution is 0.414. The van der Waals surface area contributed by atoms with Gasteiger partial charge in [0.15, 0.2) is 0 Å². The molecule has 0 aliphatic heterocycles. The Labute approximate surface area is 112 Å². The highest BCUT2D eigenvalue weighted by Crippen LogP contribution is 2.33. The Balaban J connectivity index is 2.05. The van der Waals surface area contributed by atoms with Gasteiger partial charge in [-0.15, -0.1) is 0 Å². The van der Waals surface area contributed by atoms with Crippen molar-refractivity contribution < 1.29 is 9.47 Å². The first-order chi connectivity index (χ1) is 9.36. The summed E-state index contributed by atoms with van der Waals surface area (Å²) >= 11 is 0. The van der Waals surface area contributed by atoms with Gasteiger partial charge in [0.25, 0.3) is 0 Å². The van der Waals surface area contributed by atoms with Gasteiger partial charge in [0.05, 0.1) is 7.11 Å². The molecule has 0 spiro atoms. The smallest absolute Gasteiger partial charge is 0.131 e. The lowest BCUT2D eigenvalue weighted by Gasteiger charge is -2.10. The summed E-state index contributed by atoms with van der Waals surface area (Å²) in [5.41, 5.74) is 0. The lowest BCUT2D eigenvalue weighted by Crippen LogP contribution is -1.88. The van der Waals surface area contributed by atoms with E-state index in [-0.39, 0.29) is 0 Å². The summed E-state index contributed by atoms with van der Waals surface area (Å²) in [6.07, 6.45) is 0. The maximum absolute atomic E-state index is 5.85. The predicted octanol–water partition coefficient (Wildman–Crippen LogP) is 4.64. The number of benzene rings is 3. The second-order valence-electron chi connectivity index (χ2n) is 4.26. The van der Waals surface area contributed by atoms with Crippen LogP contribution in [-0.2, 0) is 0 Å². The van der Waals surface area contributed by atoms with Crippen molar-refractivity contribution in [3.8, 4) is 17.2 Å². The van der Waals surface area contributed by atoms with E-state index in [0.717, 1.165) is 28.0 Å². The highest BCUT2D eigenvalue weighted by atomic mass is 16.5. The van der Waals surface area contributed by atoms with E-state index in [4.69, 9.17) is 9.47 Å². The molecular weight excluding hydrogens is 236 g/mol. The van der Waals surface area contributed by atoms with Crippen LogP contribution < -0.4 is 9.47 Å². The van der Waals surface area contributed by atoms with Gasteiger partial charge in [-0.25, -0.2) is 0 Å². The average Bonchev–Trinajstić information content (AvgIpc) is 2.47. The SMILES string of the molecule is COc1cc(Oc2ccccc2)cc2ccccc12. The maximum atomic E-state index is 5.85. The minimum absolute atomic E-state index is 0.779. The summed E-state index contributed by atoms with van der Waals surface area (Å²) in [6, 6.07) is 21.8. The number of hydrogen-bond acceptors (Lipinski definition) is 2. The largest absolute Gasteiger partial charge is 0.496 e. The van der Waals surface area contributed by atoms with Crippen molar-refractivity contribution in [3.63, 3.8) is 0 Å². The maximum Gasteiger partial charge on any atom is 0.131 e. The molecular formula is C17H14O2. The van der Waals surface area contributed by atoms with Crippen LogP contribution in [0.2, 0.25) is 0 Å². The van der Waals surface area contributed by atoms with Gasteiger partial charge in [-0.2, -0.15) is 0 Å². The summed E-state index contributed by atoms with van der Waals surface area (Å²) in [5, 5.41) is 2.19. The van der Waals surface area contributed by atoms with Crippen LogP contribution in [0.4, 0.5) is 0 Å². The minimum Gasteiger partial charge on any atom is -0.496 e. The van der Waals surface area contributed by atoms with E-state index in [1.807, 2.05) is 60.7 Å². The molecule has 3 aromatic rings. The zero-order valence-corrected chi connectivity index (χ0v) is 10.7. The molecule has 0 bridgehead atoms. The molecule has 2 nitrogen and oxygen atoms in total. The van der Waals surface area contributed by atoms with Crippen LogP contribution in [0, 0.1) is 0 Å². The molecule has 2 heteroatoms. The zero-order valence-electron chi connectivity index (χ0n) is 10.7. The third-order valence-electron chi connectivity index (χ3n) is 3.00. The van der Waals surface area contributed by atoms with E-state index >= 15 is 0 Å². The van der Waals surface area contributed by atoms with E-state index in [2.05, 4.69) is 6.07 Å². The summed E-state index contributed by atoms with van der Waals surface area (Å²) < 4.78 is 11.3. The zero-order chi connectivity index (χ0) is 13.1. The highest BCUT2D eigenvalue weighted by Gasteiger charge is 2.05. The molecule has 0 atom stereocenters. The van der Waals surface area contributed by atoms with Crippen LogP contribution >= 0.6 is 0 Å². The number of ether oxygens (including phenoxy) is 2. The quantitative estimate of drug-likeness (QED) is 0.674. The number of fused-ring (bicyclic) bond motifs is 1. The van der Waals surface area contributed by atoms with Gasteiger partial charge in [-0.3, -0.25) is 0 Å². The van der Waals surface area contributed by atoms with Crippen molar-refractivity contribution >= 4 is 10.8 Å². The molecule has 0 aliphatic rings. The third kappa shape index (κ3) is 2.38. The fraction of sp³-hybridized carbons (Fsp3) is 0.0588. The standard InChI is InChI=1S/C17H14O2/c1-18-17-12-15(19-14-8-3-2-4-9-14)11-13-7-5-6-10-16(13)17/h2-12H,1H3. The van der Waals surface area contributed by atoms with Crippen LogP contribution in [0.15, 0.2) is 66.7 Å². The highest BCUT2D eigenvalue weighted by molar-refractivity contribution is 5.89. The van der Waals surface area contributed by atoms with Gasteiger partial charge >= 0.3 is 0 Å². The fourth-order valence-corrected chi connectivity index (χ4v) is 2.10. The van der Waals surface area contributed by atoms with Crippen LogP contribution in [-0.4, -0.2) is 7.11 Å². The molecule has 94 valence electrons. The van der Waals surface area contributed by atoms with Crippen LogP contribution in [0.25, 0.3) is 10.8 Å². The van der Waals surface area contributed by atoms with Crippen molar-refractivity contribution in [3.05, 3.63) is 66.7 Å². The molecule has 0 unspecified atom stereocenters. The van der Waals surface area contributed by atoms with Crippen molar-refractivity contribution in [1.82, 2.24) is 0 Å². The number of para-hydroxylation sites is 1. The van der Waals surface area contributed by atoms with E-state index in [1.165, 1.54) is 0 Å². The average molecular weight is 250 g/mol. The first-order valence-electron chi connectivity index (χ1n) is 6.16. The van der Waals surface area contributed by atoms with Gasteiger partial charge in [-0.1, -0.05) is 42.5 Å². The van der Waals surface area contributed by atoms with Gasteiger partial charge in [-0.05, 0) is 23.6 Å². The number of methoxy groups -OCH3 is 1. The third-order valence-corrected chi connectivity index (χ3v) is 3.00. The van der Waals surface area contributed by atoms with Gasteiger partial charge in [0.1, 0.15) is 17.2 Å². The molecule has 0 aliphatic carbocycles. The van der Waals surface area contributed by atoms with Crippen molar-refractivity contribution in [2.75, 3.05) is 7.11 Å². The predicted molar refractivity (Wildman–Crippen MR) is 77.0 cm³/mol. The van der Waals surface area contributed by atoms with Gasteiger partial charge < -0.3 is 9.47 Å². The van der Waals surface area contributed by atoms with Crippen LogP contribution in [0.5, 0.6) is 17.2 Å². The Morgan fingerprint density at radius 2 is 1.47 bits per heavy atom. The minimum atomic E-state index is 0.779. The second kappa shape index (κ2) is 5.02. The molecule has 0 heterocycles.